The van der Waals surface area contributed by atoms with Crippen LogP contribution in [0.25, 0.3) is 0 Å². The molecule has 1 atom stereocenters. The lowest BCUT2D eigenvalue weighted by atomic mass is 10.1. The van der Waals surface area contributed by atoms with Crippen LogP contribution >= 0.6 is 27.3 Å². The summed E-state index contributed by atoms with van der Waals surface area (Å²) in [5.74, 6) is 0.861. The predicted molar refractivity (Wildman–Crippen MR) is 72.6 cm³/mol. The largest absolute Gasteiger partial charge is 0.497 e. The molecule has 2 aromatic rings. The number of benzene rings is 1. The highest BCUT2D eigenvalue weighted by Crippen LogP contribution is 2.25. The maximum Gasteiger partial charge on any atom is 0.206 e. The molecule has 0 fully saturated rings. The molecular weight excluding hydrogens is 302 g/mol. The van der Waals surface area contributed by atoms with Crippen molar-refractivity contribution in [2.75, 3.05) is 12.4 Å². The molecule has 90 valence electrons. The monoisotopic (exact) mass is 313 g/mol. The average molecular weight is 314 g/mol. The van der Waals surface area contributed by atoms with Gasteiger partial charge in [0.1, 0.15) is 5.75 Å². The van der Waals surface area contributed by atoms with E-state index < -0.39 is 0 Å². The van der Waals surface area contributed by atoms with Gasteiger partial charge < -0.3 is 10.1 Å². The van der Waals surface area contributed by atoms with Crippen molar-refractivity contribution < 1.29 is 4.74 Å². The Hall–Kier alpha value is -1.14. The number of hydrogen-bond acceptors (Lipinski definition) is 5. The third-order valence-electron chi connectivity index (χ3n) is 2.36. The van der Waals surface area contributed by atoms with E-state index in [1.807, 2.05) is 24.3 Å². The third-order valence-corrected chi connectivity index (χ3v) is 3.64. The van der Waals surface area contributed by atoms with Crippen LogP contribution < -0.4 is 10.1 Å². The molecule has 1 aromatic heterocycles. The highest BCUT2D eigenvalue weighted by Gasteiger charge is 2.08. The van der Waals surface area contributed by atoms with E-state index in [0.717, 1.165) is 14.8 Å². The van der Waals surface area contributed by atoms with Gasteiger partial charge in [0.25, 0.3) is 0 Å². The van der Waals surface area contributed by atoms with Gasteiger partial charge in [0.2, 0.25) is 5.13 Å². The molecule has 0 aliphatic rings. The minimum absolute atomic E-state index is 0.181. The number of ether oxygens (including phenoxy) is 1. The highest BCUT2D eigenvalue weighted by atomic mass is 79.9. The molecule has 1 aromatic carbocycles. The topological polar surface area (TPSA) is 47.0 Å². The van der Waals surface area contributed by atoms with Crippen LogP contribution in [0, 0.1) is 0 Å². The van der Waals surface area contributed by atoms with E-state index in [-0.39, 0.29) is 6.04 Å². The van der Waals surface area contributed by atoms with Gasteiger partial charge in [-0.15, -0.1) is 10.2 Å². The summed E-state index contributed by atoms with van der Waals surface area (Å²) in [6.07, 6.45) is 0. The first-order valence-electron chi connectivity index (χ1n) is 5.08. The molecule has 0 saturated carbocycles. The molecule has 0 saturated heterocycles. The summed E-state index contributed by atoms with van der Waals surface area (Å²) in [5, 5.41) is 12.0. The summed E-state index contributed by atoms with van der Waals surface area (Å²) in [6.45, 7) is 2.08. The van der Waals surface area contributed by atoms with Gasteiger partial charge in [-0.2, -0.15) is 0 Å². The van der Waals surface area contributed by atoms with Crippen LogP contribution in [0.1, 0.15) is 18.5 Å². The molecule has 0 spiro atoms. The van der Waals surface area contributed by atoms with E-state index in [1.54, 1.807) is 7.11 Å². The normalized spacial score (nSPS) is 12.2. The molecule has 0 bridgehead atoms. The van der Waals surface area contributed by atoms with Gasteiger partial charge in [-0.05, 0) is 40.5 Å². The Morgan fingerprint density at radius 3 is 2.53 bits per heavy atom. The molecule has 6 heteroatoms. The maximum absolute atomic E-state index is 5.12. The van der Waals surface area contributed by atoms with Crippen molar-refractivity contribution in [2.24, 2.45) is 0 Å². The van der Waals surface area contributed by atoms with E-state index in [1.165, 1.54) is 16.9 Å². The molecule has 1 heterocycles. The van der Waals surface area contributed by atoms with Gasteiger partial charge in [0.15, 0.2) is 3.92 Å². The van der Waals surface area contributed by atoms with E-state index in [4.69, 9.17) is 4.74 Å². The highest BCUT2D eigenvalue weighted by molar-refractivity contribution is 9.11. The second kappa shape index (κ2) is 5.46. The SMILES string of the molecule is COc1ccc(C(C)Nc2nnc(Br)s2)cc1. The minimum atomic E-state index is 0.181. The predicted octanol–water partition coefficient (Wildman–Crippen LogP) is 3.48. The molecule has 17 heavy (non-hydrogen) atoms. The Bertz CT molecular complexity index is 486. The van der Waals surface area contributed by atoms with E-state index in [0.29, 0.717) is 0 Å². The molecule has 0 aliphatic heterocycles. The molecule has 1 unspecified atom stereocenters. The Morgan fingerprint density at radius 1 is 1.29 bits per heavy atom. The van der Waals surface area contributed by atoms with Crippen molar-refractivity contribution >= 4 is 32.4 Å². The number of nitrogens with zero attached hydrogens (tertiary/aromatic N) is 2. The van der Waals surface area contributed by atoms with Crippen molar-refractivity contribution in [2.45, 2.75) is 13.0 Å². The minimum Gasteiger partial charge on any atom is -0.497 e. The number of hydrogen-bond donors (Lipinski definition) is 1. The van der Waals surface area contributed by atoms with Crippen molar-refractivity contribution in [3.63, 3.8) is 0 Å². The van der Waals surface area contributed by atoms with Crippen molar-refractivity contribution in [1.82, 2.24) is 10.2 Å². The molecule has 4 nitrogen and oxygen atoms in total. The molecule has 1 N–H and O–H groups in total. The van der Waals surface area contributed by atoms with E-state index >= 15 is 0 Å². The average Bonchev–Trinajstić information content (AvgIpc) is 2.75. The number of halogens is 1. The number of anilines is 1. The summed E-state index contributed by atoms with van der Waals surface area (Å²) in [5.41, 5.74) is 1.18. The Kier molecular flexibility index (Phi) is 3.96. The van der Waals surface area contributed by atoms with Crippen molar-refractivity contribution in [3.8, 4) is 5.75 Å². The lowest BCUT2D eigenvalue weighted by Gasteiger charge is -2.13. The standard InChI is InChI=1S/C11H12BrN3OS/c1-7(13-11-15-14-10(12)17-11)8-3-5-9(16-2)6-4-8/h3-7H,1-2H3,(H,13,15). The zero-order valence-electron chi connectivity index (χ0n) is 9.48. The van der Waals surface area contributed by atoms with Crippen LogP contribution in [0.15, 0.2) is 28.2 Å². The Labute approximate surface area is 112 Å². The van der Waals surface area contributed by atoms with E-state index in [2.05, 4.69) is 38.4 Å². The van der Waals surface area contributed by atoms with E-state index in [9.17, 15) is 0 Å². The third kappa shape index (κ3) is 3.17. The summed E-state index contributed by atoms with van der Waals surface area (Å²) in [6, 6.07) is 8.15. The first-order valence-corrected chi connectivity index (χ1v) is 6.69. The van der Waals surface area contributed by atoms with Gasteiger partial charge >= 0.3 is 0 Å². The fourth-order valence-electron chi connectivity index (χ4n) is 1.42. The van der Waals surface area contributed by atoms with Crippen LogP contribution in [-0.4, -0.2) is 17.3 Å². The number of nitrogens with one attached hydrogen (secondary N) is 1. The summed E-state index contributed by atoms with van der Waals surface area (Å²) >= 11 is 4.76. The van der Waals surface area contributed by atoms with Crippen LogP contribution in [0.4, 0.5) is 5.13 Å². The zero-order chi connectivity index (χ0) is 12.3. The first kappa shape index (κ1) is 12.3. The first-order chi connectivity index (χ1) is 8.19. The summed E-state index contributed by atoms with van der Waals surface area (Å²) in [4.78, 5) is 0. The van der Waals surface area contributed by atoms with Gasteiger partial charge in [-0.3, -0.25) is 0 Å². The van der Waals surface area contributed by atoms with Crippen LogP contribution in [-0.2, 0) is 0 Å². The quantitative estimate of drug-likeness (QED) is 0.938. The van der Waals surface area contributed by atoms with Gasteiger partial charge in [-0.25, -0.2) is 0 Å². The molecule has 2 rings (SSSR count). The number of aromatic nitrogens is 2. The maximum atomic E-state index is 5.12. The number of rotatable bonds is 4. The Balaban J connectivity index is 2.06. The van der Waals surface area contributed by atoms with Crippen LogP contribution in [0.2, 0.25) is 0 Å². The van der Waals surface area contributed by atoms with Gasteiger partial charge in [0.05, 0.1) is 13.2 Å². The van der Waals surface area contributed by atoms with Gasteiger partial charge in [0, 0.05) is 0 Å². The molecule has 0 aliphatic carbocycles. The van der Waals surface area contributed by atoms with Crippen molar-refractivity contribution in [3.05, 3.63) is 33.7 Å². The van der Waals surface area contributed by atoms with Gasteiger partial charge in [-0.1, -0.05) is 23.5 Å². The fourth-order valence-corrected chi connectivity index (χ4v) is 2.52. The second-order valence-electron chi connectivity index (χ2n) is 3.50. The fraction of sp³-hybridized carbons (Fsp3) is 0.273. The smallest absolute Gasteiger partial charge is 0.206 e. The Morgan fingerprint density at radius 2 is 2.00 bits per heavy atom. The number of methoxy groups -OCH3 is 1. The van der Waals surface area contributed by atoms with Crippen LogP contribution in [0.5, 0.6) is 5.75 Å². The zero-order valence-corrected chi connectivity index (χ0v) is 11.9. The lowest BCUT2D eigenvalue weighted by molar-refractivity contribution is 0.414. The molecule has 0 amide bonds. The molecule has 0 radical (unpaired) electrons. The summed E-state index contributed by atoms with van der Waals surface area (Å²) < 4.78 is 5.90. The molecular formula is C11H12BrN3OS. The second-order valence-corrected chi connectivity index (χ2v) is 5.75. The summed E-state index contributed by atoms with van der Waals surface area (Å²) in [7, 11) is 1.66. The lowest BCUT2D eigenvalue weighted by Crippen LogP contribution is -2.06. The van der Waals surface area contributed by atoms with Crippen molar-refractivity contribution in [1.29, 1.82) is 0 Å². The van der Waals surface area contributed by atoms with Crippen LogP contribution in [0.3, 0.4) is 0 Å².